The van der Waals surface area contributed by atoms with Crippen molar-refractivity contribution < 1.29 is 14.7 Å². The average molecular weight is 277 g/mol. The van der Waals surface area contributed by atoms with Crippen molar-refractivity contribution in [1.29, 1.82) is 0 Å². The van der Waals surface area contributed by atoms with Crippen LogP contribution in [0.3, 0.4) is 0 Å². The molecule has 1 aliphatic carbocycles. The molecule has 0 heterocycles. The molecule has 0 spiro atoms. The Kier molecular flexibility index (Phi) is 4.81. The van der Waals surface area contributed by atoms with Crippen LogP contribution in [0.2, 0.25) is 0 Å². The number of carbonyl (C=O) groups excluding carboxylic acids is 1. The first-order chi connectivity index (χ1) is 9.69. The van der Waals surface area contributed by atoms with Gasteiger partial charge in [-0.15, -0.1) is 0 Å². The highest BCUT2D eigenvalue weighted by molar-refractivity contribution is 5.97. The number of nitrogens with one attached hydrogen (secondary N) is 1. The number of nitrogens with two attached hydrogens (primary N) is 1. The molecule has 0 aliphatic heterocycles. The van der Waals surface area contributed by atoms with E-state index in [4.69, 9.17) is 15.7 Å². The van der Waals surface area contributed by atoms with Gasteiger partial charge in [-0.25, -0.2) is 0 Å². The Labute approximate surface area is 117 Å². The van der Waals surface area contributed by atoms with Gasteiger partial charge in [0.15, 0.2) is 12.4 Å². The van der Waals surface area contributed by atoms with Gasteiger partial charge < -0.3 is 21.0 Å². The highest BCUT2D eigenvalue weighted by Crippen LogP contribution is 2.17. The molecule has 1 saturated carbocycles. The molecule has 6 nitrogen and oxygen atoms in total. The van der Waals surface area contributed by atoms with Crippen LogP contribution in [-0.4, -0.2) is 29.6 Å². The summed E-state index contributed by atoms with van der Waals surface area (Å²) in [6, 6.07) is 6.99. The normalized spacial score (nSPS) is 16.1. The van der Waals surface area contributed by atoms with E-state index in [9.17, 15) is 4.79 Å². The van der Waals surface area contributed by atoms with E-state index in [0.29, 0.717) is 17.4 Å². The first-order valence-corrected chi connectivity index (χ1v) is 6.69. The second-order valence-electron chi connectivity index (χ2n) is 4.85. The molecule has 6 heteroatoms. The lowest BCUT2D eigenvalue weighted by Crippen LogP contribution is -2.36. The van der Waals surface area contributed by atoms with Crippen LogP contribution in [0.5, 0.6) is 5.75 Å². The lowest BCUT2D eigenvalue weighted by molar-refractivity contribution is -0.123. The summed E-state index contributed by atoms with van der Waals surface area (Å²) in [5, 5.41) is 14.4. The highest BCUT2D eigenvalue weighted by atomic mass is 16.5. The van der Waals surface area contributed by atoms with Crippen molar-refractivity contribution in [2.75, 3.05) is 6.61 Å². The van der Waals surface area contributed by atoms with Gasteiger partial charge in [-0.05, 0) is 37.1 Å². The first-order valence-electron chi connectivity index (χ1n) is 6.69. The molecule has 0 saturated heterocycles. The number of amidine groups is 1. The van der Waals surface area contributed by atoms with E-state index in [-0.39, 0.29) is 18.3 Å². The van der Waals surface area contributed by atoms with Gasteiger partial charge in [0, 0.05) is 11.6 Å². The Morgan fingerprint density at radius 2 is 2.00 bits per heavy atom. The third-order valence-electron chi connectivity index (χ3n) is 3.35. The summed E-state index contributed by atoms with van der Waals surface area (Å²) in [5.41, 5.74) is 6.05. The molecule has 108 valence electrons. The van der Waals surface area contributed by atoms with Crippen LogP contribution in [0.1, 0.15) is 31.2 Å². The maximum Gasteiger partial charge on any atom is 0.258 e. The van der Waals surface area contributed by atoms with Gasteiger partial charge in [0.1, 0.15) is 5.75 Å². The summed E-state index contributed by atoms with van der Waals surface area (Å²) < 4.78 is 5.39. The number of amides is 1. The molecule has 1 fully saturated rings. The van der Waals surface area contributed by atoms with Gasteiger partial charge >= 0.3 is 0 Å². The number of rotatable bonds is 5. The van der Waals surface area contributed by atoms with Crippen LogP contribution in [-0.2, 0) is 4.79 Å². The Morgan fingerprint density at radius 1 is 1.35 bits per heavy atom. The molecule has 2 rings (SSSR count). The van der Waals surface area contributed by atoms with Gasteiger partial charge in [0.05, 0.1) is 0 Å². The van der Waals surface area contributed by atoms with Crippen molar-refractivity contribution in [2.45, 2.75) is 31.7 Å². The lowest BCUT2D eigenvalue weighted by atomic mass is 10.2. The Hall–Kier alpha value is -2.24. The first kappa shape index (κ1) is 14.2. The quantitative estimate of drug-likeness (QED) is 0.326. The Balaban J connectivity index is 1.79. The van der Waals surface area contributed by atoms with E-state index in [1.807, 2.05) is 0 Å². The van der Waals surface area contributed by atoms with E-state index < -0.39 is 0 Å². The summed E-state index contributed by atoms with van der Waals surface area (Å²) in [6.07, 6.45) is 4.47. The van der Waals surface area contributed by atoms with Crippen LogP contribution in [0.25, 0.3) is 0 Å². The summed E-state index contributed by atoms with van der Waals surface area (Å²) >= 11 is 0. The maximum absolute atomic E-state index is 11.7. The van der Waals surface area contributed by atoms with E-state index in [1.54, 1.807) is 24.3 Å². The molecule has 0 radical (unpaired) electrons. The standard InChI is InChI=1S/C14H19N3O3/c15-14(17-19)10-5-7-12(8-6-10)20-9-13(18)16-11-3-1-2-4-11/h5-8,11,19H,1-4,9H2,(H2,15,17)(H,16,18). The highest BCUT2D eigenvalue weighted by Gasteiger charge is 2.17. The minimum absolute atomic E-state index is 0.000577. The number of carbonyl (C=O) groups is 1. The molecule has 1 aromatic carbocycles. The second-order valence-corrected chi connectivity index (χ2v) is 4.85. The minimum Gasteiger partial charge on any atom is -0.484 e. The molecular formula is C14H19N3O3. The number of hydrogen-bond donors (Lipinski definition) is 3. The summed E-state index contributed by atoms with van der Waals surface area (Å²) in [6.45, 7) is -0.000577. The minimum atomic E-state index is -0.0996. The van der Waals surface area contributed by atoms with Gasteiger partial charge in [-0.2, -0.15) is 0 Å². The van der Waals surface area contributed by atoms with E-state index in [0.717, 1.165) is 12.8 Å². The fourth-order valence-electron chi connectivity index (χ4n) is 2.27. The van der Waals surface area contributed by atoms with Crippen molar-refractivity contribution in [3.63, 3.8) is 0 Å². The number of hydrogen-bond acceptors (Lipinski definition) is 4. The largest absolute Gasteiger partial charge is 0.484 e. The molecular weight excluding hydrogens is 258 g/mol. The number of nitrogens with zero attached hydrogens (tertiary/aromatic N) is 1. The third kappa shape index (κ3) is 3.88. The summed E-state index contributed by atoms with van der Waals surface area (Å²) in [4.78, 5) is 11.7. The van der Waals surface area contributed by atoms with Gasteiger partial charge in [-0.3, -0.25) is 4.79 Å². The zero-order chi connectivity index (χ0) is 14.4. The fourth-order valence-corrected chi connectivity index (χ4v) is 2.27. The molecule has 0 aromatic heterocycles. The smallest absolute Gasteiger partial charge is 0.258 e. The molecule has 1 aromatic rings. The van der Waals surface area contributed by atoms with Crippen molar-refractivity contribution in [1.82, 2.24) is 5.32 Å². The maximum atomic E-state index is 11.7. The second kappa shape index (κ2) is 6.79. The van der Waals surface area contributed by atoms with Crippen molar-refractivity contribution >= 4 is 11.7 Å². The van der Waals surface area contributed by atoms with E-state index in [1.165, 1.54) is 12.8 Å². The topological polar surface area (TPSA) is 96.9 Å². The molecule has 0 atom stereocenters. The predicted molar refractivity (Wildman–Crippen MR) is 74.8 cm³/mol. The molecule has 4 N–H and O–H groups in total. The predicted octanol–water partition coefficient (Wildman–Crippen LogP) is 1.22. The third-order valence-corrected chi connectivity index (χ3v) is 3.35. The van der Waals surface area contributed by atoms with Crippen LogP contribution in [0, 0.1) is 0 Å². The zero-order valence-electron chi connectivity index (χ0n) is 11.2. The van der Waals surface area contributed by atoms with E-state index >= 15 is 0 Å². The van der Waals surface area contributed by atoms with Gasteiger partial charge in [0.25, 0.3) is 5.91 Å². The van der Waals surface area contributed by atoms with Crippen LogP contribution < -0.4 is 15.8 Å². The van der Waals surface area contributed by atoms with Crippen molar-refractivity contribution in [3.8, 4) is 5.75 Å². The molecule has 1 amide bonds. The fraction of sp³-hybridized carbons (Fsp3) is 0.429. The van der Waals surface area contributed by atoms with Crippen molar-refractivity contribution in [2.24, 2.45) is 10.9 Å². The van der Waals surface area contributed by atoms with Crippen LogP contribution >= 0.6 is 0 Å². The number of oxime groups is 1. The Bertz CT molecular complexity index is 479. The molecule has 0 bridgehead atoms. The summed E-state index contributed by atoms with van der Waals surface area (Å²) in [7, 11) is 0. The Morgan fingerprint density at radius 3 is 2.60 bits per heavy atom. The van der Waals surface area contributed by atoms with Crippen LogP contribution in [0.15, 0.2) is 29.4 Å². The monoisotopic (exact) mass is 277 g/mol. The van der Waals surface area contributed by atoms with Crippen LogP contribution in [0.4, 0.5) is 0 Å². The zero-order valence-corrected chi connectivity index (χ0v) is 11.2. The van der Waals surface area contributed by atoms with Gasteiger partial charge in [-0.1, -0.05) is 18.0 Å². The molecule has 0 unspecified atom stereocenters. The van der Waals surface area contributed by atoms with E-state index in [2.05, 4.69) is 10.5 Å². The number of ether oxygens (including phenoxy) is 1. The lowest BCUT2D eigenvalue weighted by Gasteiger charge is -2.12. The SMILES string of the molecule is N/C(=N\O)c1ccc(OCC(=O)NC2CCCC2)cc1. The molecule has 20 heavy (non-hydrogen) atoms. The summed E-state index contributed by atoms with van der Waals surface area (Å²) in [5.74, 6) is 0.508. The van der Waals surface area contributed by atoms with Crippen molar-refractivity contribution in [3.05, 3.63) is 29.8 Å². The molecule has 1 aliphatic rings. The number of benzene rings is 1. The van der Waals surface area contributed by atoms with Gasteiger partial charge in [0.2, 0.25) is 0 Å². The average Bonchev–Trinajstić information content (AvgIpc) is 2.97.